The van der Waals surface area contributed by atoms with Crippen LogP contribution in [0.2, 0.25) is 10.2 Å². The predicted molar refractivity (Wildman–Crippen MR) is 47.2 cm³/mol. The molecule has 0 aliphatic heterocycles. The highest BCUT2D eigenvalue weighted by molar-refractivity contribution is 6.36. The van der Waals surface area contributed by atoms with E-state index in [9.17, 15) is 0 Å². The van der Waals surface area contributed by atoms with E-state index in [0.29, 0.717) is 10.2 Å². The lowest BCUT2D eigenvalue weighted by Gasteiger charge is -1.89. The summed E-state index contributed by atoms with van der Waals surface area (Å²) in [7, 11) is 0. The van der Waals surface area contributed by atoms with Crippen LogP contribution in [0, 0.1) is 6.07 Å². The van der Waals surface area contributed by atoms with Crippen LogP contribution in [-0.2, 0) is 0 Å². The van der Waals surface area contributed by atoms with Crippen LogP contribution >= 0.6 is 23.2 Å². The van der Waals surface area contributed by atoms with Gasteiger partial charge in [0.2, 0.25) is 0 Å². The van der Waals surface area contributed by atoms with E-state index in [4.69, 9.17) is 23.2 Å². The van der Waals surface area contributed by atoms with Crippen LogP contribution in [0.5, 0.6) is 0 Å². The second-order valence-corrected chi connectivity index (χ2v) is 3.01. The molecule has 1 radical (unpaired) electrons. The molecule has 0 fully saturated rings. The number of H-pyrrole nitrogens is 1. The summed E-state index contributed by atoms with van der Waals surface area (Å²) in [6, 6.07) is 8.49. The molecule has 3 heteroatoms. The fraction of sp³-hybridized carbons (Fsp3) is 0. The van der Waals surface area contributed by atoms with Gasteiger partial charge in [-0.3, -0.25) is 0 Å². The van der Waals surface area contributed by atoms with Gasteiger partial charge in [-0.05, 0) is 12.1 Å². The van der Waals surface area contributed by atoms with Crippen molar-refractivity contribution >= 4 is 34.1 Å². The van der Waals surface area contributed by atoms with Crippen LogP contribution in [0.4, 0.5) is 0 Å². The van der Waals surface area contributed by atoms with Crippen molar-refractivity contribution < 1.29 is 0 Å². The SMILES string of the molecule is Clc1[c]c2c(Cl)cccc2[nH]1. The zero-order valence-corrected chi connectivity index (χ0v) is 7.00. The summed E-state index contributed by atoms with van der Waals surface area (Å²) in [4.78, 5) is 2.92. The Balaban J connectivity index is 2.90. The first-order valence-electron chi connectivity index (χ1n) is 3.12. The smallest absolute Gasteiger partial charge is 0.115 e. The number of hydrogen-bond donors (Lipinski definition) is 1. The van der Waals surface area contributed by atoms with E-state index in [1.54, 1.807) is 0 Å². The second kappa shape index (κ2) is 2.43. The molecule has 1 N–H and O–H groups in total. The summed E-state index contributed by atoms with van der Waals surface area (Å²) in [6.45, 7) is 0. The minimum Gasteiger partial charge on any atom is -0.345 e. The number of benzene rings is 1. The highest BCUT2D eigenvalue weighted by atomic mass is 35.5. The van der Waals surface area contributed by atoms with Crippen LogP contribution in [0.1, 0.15) is 0 Å². The Morgan fingerprint density at radius 3 is 2.82 bits per heavy atom. The molecule has 0 bridgehead atoms. The molecular formula is C8H4Cl2N. The Labute approximate surface area is 73.9 Å². The topological polar surface area (TPSA) is 15.8 Å². The number of aromatic amines is 1. The zero-order chi connectivity index (χ0) is 7.84. The van der Waals surface area contributed by atoms with Crippen molar-refractivity contribution in [3.63, 3.8) is 0 Å². The van der Waals surface area contributed by atoms with Gasteiger partial charge < -0.3 is 4.98 Å². The van der Waals surface area contributed by atoms with Crippen molar-refractivity contribution in [2.24, 2.45) is 0 Å². The molecule has 1 nitrogen and oxygen atoms in total. The Bertz CT molecular complexity index is 392. The molecule has 0 unspecified atom stereocenters. The lowest BCUT2D eigenvalue weighted by molar-refractivity contribution is 1.47. The van der Waals surface area contributed by atoms with Gasteiger partial charge in [0.25, 0.3) is 0 Å². The lowest BCUT2D eigenvalue weighted by Crippen LogP contribution is -1.66. The average molecular weight is 185 g/mol. The van der Waals surface area contributed by atoms with Crippen molar-refractivity contribution in [1.82, 2.24) is 4.98 Å². The molecule has 11 heavy (non-hydrogen) atoms. The zero-order valence-electron chi connectivity index (χ0n) is 5.49. The number of rotatable bonds is 0. The number of aromatic nitrogens is 1. The number of hydrogen-bond acceptors (Lipinski definition) is 0. The average Bonchev–Trinajstić information content (AvgIpc) is 2.31. The molecule has 2 rings (SSSR count). The van der Waals surface area contributed by atoms with Gasteiger partial charge >= 0.3 is 0 Å². The maximum absolute atomic E-state index is 5.86. The van der Waals surface area contributed by atoms with E-state index < -0.39 is 0 Å². The highest BCUT2D eigenvalue weighted by Gasteiger charge is 2.01. The van der Waals surface area contributed by atoms with E-state index in [0.717, 1.165) is 10.9 Å². The maximum atomic E-state index is 5.86. The van der Waals surface area contributed by atoms with Crippen LogP contribution in [-0.4, -0.2) is 4.98 Å². The molecule has 0 aliphatic rings. The third-order valence-electron chi connectivity index (χ3n) is 1.49. The van der Waals surface area contributed by atoms with Crippen LogP contribution in [0.15, 0.2) is 18.2 Å². The van der Waals surface area contributed by atoms with Gasteiger partial charge in [0.15, 0.2) is 0 Å². The maximum Gasteiger partial charge on any atom is 0.115 e. The molecule has 0 aliphatic carbocycles. The summed E-state index contributed by atoms with van der Waals surface area (Å²) < 4.78 is 0. The third kappa shape index (κ3) is 1.10. The summed E-state index contributed by atoms with van der Waals surface area (Å²) in [6.07, 6.45) is 0. The van der Waals surface area contributed by atoms with E-state index in [-0.39, 0.29) is 0 Å². The minimum absolute atomic E-state index is 0.494. The standard InChI is InChI=1S/C8H4Cl2N/c9-6-2-1-3-7-5(6)4-8(10)11-7/h1-3,11H. The van der Waals surface area contributed by atoms with Gasteiger partial charge in [-0.2, -0.15) is 0 Å². The van der Waals surface area contributed by atoms with Gasteiger partial charge in [-0.25, -0.2) is 0 Å². The van der Waals surface area contributed by atoms with Crippen molar-refractivity contribution in [2.75, 3.05) is 0 Å². The summed E-state index contributed by atoms with van der Waals surface area (Å²) in [5.41, 5.74) is 0.919. The molecule has 0 saturated carbocycles. The van der Waals surface area contributed by atoms with Crippen molar-refractivity contribution in [2.45, 2.75) is 0 Å². The van der Waals surface area contributed by atoms with Gasteiger partial charge in [0, 0.05) is 17.0 Å². The second-order valence-electron chi connectivity index (χ2n) is 2.23. The Morgan fingerprint density at radius 1 is 1.27 bits per heavy atom. The van der Waals surface area contributed by atoms with Crippen LogP contribution < -0.4 is 0 Å². The molecule has 1 aromatic heterocycles. The van der Waals surface area contributed by atoms with Gasteiger partial charge in [-0.15, -0.1) is 0 Å². The first-order chi connectivity index (χ1) is 5.27. The van der Waals surface area contributed by atoms with E-state index in [1.165, 1.54) is 0 Å². The van der Waals surface area contributed by atoms with E-state index in [2.05, 4.69) is 11.1 Å². The Hall–Kier alpha value is -0.660. The Morgan fingerprint density at radius 2 is 2.09 bits per heavy atom. The molecule has 1 aromatic carbocycles. The largest absolute Gasteiger partial charge is 0.345 e. The van der Waals surface area contributed by atoms with Gasteiger partial charge in [0.05, 0.1) is 5.02 Å². The van der Waals surface area contributed by atoms with Crippen molar-refractivity contribution in [3.8, 4) is 0 Å². The van der Waals surface area contributed by atoms with E-state index >= 15 is 0 Å². The van der Waals surface area contributed by atoms with Crippen LogP contribution in [0.3, 0.4) is 0 Å². The highest BCUT2D eigenvalue weighted by Crippen LogP contribution is 2.24. The lowest BCUT2D eigenvalue weighted by atomic mass is 10.2. The molecular weight excluding hydrogens is 181 g/mol. The quantitative estimate of drug-likeness (QED) is 0.648. The summed E-state index contributed by atoms with van der Waals surface area (Å²) >= 11 is 11.5. The fourth-order valence-electron chi connectivity index (χ4n) is 1.01. The van der Waals surface area contributed by atoms with Gasteiger partial charge in [0.1, 0.15) is 5.15 Å². The molecule has 0 saturated heterocycles. The molecule has 0 amide bonds. The molecule has 2 aromatic rings. The predicted octanol–water partition coefficient (Wildman–Crippen LogP) is 3.27. The van der Waals surface area contributed by atoms with E-state index in [1.807, 2.05) is 18.2 Å². The first-order valence-corrected chi connectivity index (χ1v) is 3.88. The summed E-state index contributed by atoms with van der Waals surface area (Å²) in [5, 5.41) is 2.01. The van der Waals surface area contributed by atoms with Crippen molar-refractivity contribution in [3.05, 3.63) is 34.4 Å². The normalized spacial score (nSPS) is 10.7. The molecule has 55 valence electrons. The third-order valence-corrected chi connectivity index (χ3v) is 2.00. The Kier molecular flexibility index (Phi) is 1.55. The number of nitrogens with one attached hydrogen (secondary N) is 1. The number of halogens is 2. The van der Waals surface area contributed by atoms with Gasteiger partial charge in [-0.1, -0.05) is 29.3 Å². The molecule has 0 spiro atoms. The molecule has 1 heterocycles. The first kappa shape index (κ1) is 7.01. The fourth-order valence-corrected chi connectivity index (χ4v) is 1.43. The summed E-state index contributed by atoms with van der Waals surface area (Å²) in [5.74, 6) is 0. The minimum atomic E-state index is 0.494. The van der Waals surface area contributed by atoms with Crippen molar-refractivity contribution in [1.29, 1.82) is 0 Å². The molecule has 0 atom stereocenters. The van der Waals surface area contributed by atoms with Crippen LogP contribution in [0.25, 0.3) is 10.9 Å². The number of fused-ring (bicyclic) bond motifs is 1. The monoisotopic (exact) mass is 184 g/mol.